The van der Waals surface area contributed by atoms with Crippen LogP contribution in [0.3, 0.4) is 0 Å². The molecule has 1 aromatic heterocycles. The van der Waals surface area contributed by atoms with E-state index in [0.29, 0.717) is 28.4 Å². The fourth-order valence-corrected chi connectivity index (χ4v) is 3.10. The van der Waals surface area contributed by atoms with Crippen molar-refractivity contribution in [1.29, 1.82) is 0 Å². The summed E-state index contributed by atoms with van der Waals surface area (Å²) in [5.74, 6) is 1.67. The number of carbonyl (C=O) groups excluding carboxylic acids is 1. The highest BCUT2D eigenvalue weighted by Gasteiger charge is 2.10. The van der Waals surface area contributed by atoms with Crippen LogP contribution in [-0.4, -0.2) is 24.6 Å². The summed E-state index contributed by atoms with van der Waals surface area (Å²) < 4.78 is 17.6. The van der Waals surface area contributed by atoms with Crippen LogP contribution in [0.5, 0.6) is 11.5 Å². The SMILES string of the molecule is COc1ccc(-c2nc3cc(NC(=O)COc4ccc(I)cc4)ccc3o2)cc1. The summed E-state index contributed by atoms with van der Waals surface area (Å²) in [6.07, 6.45) is 0. The number of rotatable bonds is 6. The molecule has 0 aliphatic heterocycles. The maximum absolute atomic E-state index is 12.2. The van der Waals surface area contributed by atoms with Gasteiger partial charge in [-0.25, -0.2) is 4.98 Å². The van der Waals surface area contributed by atoms with E-state index in [1.165, 1.54) is 0 Å². The van der Waals surface area contributed by atoms with Crippen LogP contribution in [0.2, 0.25) is 0 Å². The van der Waals surface area contributed by atoms with Crippen molar-refractivity contribution in [3.63, 3.8) is 0 Å². The lowest BCUT2D eigenvalue weighted by molar-refractivity contribution is -0.118. The Bertz CT molecular complexity index is 1140. The van der Waals surface area contributed by atoms with Crippen molar-refractivity contribution in [2.75, 3.05) is 19.0 Å². The fraction of sp³-hybridized carbons (Fsp3) is 0.0909. The van der Waals surface area contributed by atoms with Crippen LogP contribution in [0.15, 0.2) is 71.1 Å². The van der Waals surface area contributed by atoms with E-state index in [-0.39, 0.29) is 12.5 Å². The maximum Gasteiger partial charge on any atom is 0.262 e. The normalized spacial score (nSPS) is 10.7. The molecule has 146 valence electrons. The maximum atomic E-state index is 12.2. The first-order valence-electron chi connectivity index (χ1n) is 8.84. The number of fused-ring (bicyclic) bond motifs is 1. The van der Waals surface area contributed by atoms with Gasteiger partial charge in [0.1, 0.15) is 17.0 Å². The summed E-state index contributed by atoms with van der Waals surface area (Å²) in [5, 5.41) is 2.82. The lowest BCUT2D eigenvalue weighted by atomic mass is 10.2. The number of aromatic nitrogens is 1. The van der Waals surface area contributed by atoms with E-state index in [1.807, 2.05) is 48.5 Å². The van der Waals surface area contributed by atoms with Crippen molar-refractivity contribution in [2.45, 2.75) is 0 Å². The number of nitrogens with zero attached hydrogens (tertiary/aromatic N) is 1. The summed E-state index contributed by atoms with van der Waals surface area (Å²) in [4.78, 5) is 16.7. The molecule has 0 fully saturated rings. The molecule has 0 saturated carbocycles. The lowest BCUT2D eigenvalue weighted by Crippen LogP contribution is -2.20. The molecule has 0 unspecified atom stereocenters. The van der Waals surface area contributed by atoms with Crippen LogP contribution >= 0.6 is 22.6 Å². The Balaban J connectivity index is 1.44. The topological polar surface area (TPSA) is 73.6 Å². The molecule has 3 aromatic carbocycles. The minimum Gasteiger partial charge on any atom is -0.497 e. The van der Waals surface area contributed by atoms with Crippen LogP contribution < -0.4 is 14.8 Å². The molecule has 1 amide bonds. The number of oxazole rings is 1. The van der Waals surface area contributed by atoms with Gasteiger partial charge in [-0.15, -0.1) is 0 Å². The van der Waals surface area contributed by atoms with E-state index in [9.17, 15) is 4.79 Å². The van der Waals surface area contributed by atoms with Crippen molar-refractivity contribution in [2.24, 2.45) is 0 Å². The number of hydrogen-bond donors (Lipinski definition) is 1. The number of anilines is 1. The molecular weight excluding hydrogens is 483 g/mol. The highest BCUT2D eigenvalue weighted by Crippen LogP contribution is 2.27. The molecular formula is C22H17IN2O4. The molecule has 0 aliphatic rings. The van der Waals surface area contributed by atoms with E-state index in [4.69, 9.17) is 13.9 Å². The Labute approximate surface area is 181 Å². The highest BCUT2D eigenvalue weighted by molar-refractivity contribution is 14.1. The molecule has 0 spiro atoms. The van der Waals surface area contributed by atoms with E-state index in [0.717, 1.165) is 14.9 Å². The number of nitrogens with one attached hydrogen (secondary N) is 1. The van der Waals surface area contributed by atoms with Gasteiger partial charge in [0.2, 0.25) is 5.89 Å². The van der Waals surface area contributed by atoms with Gasteiger partial charge in [0.15, 0.2) is 12.2 Å². The number of hydrogen-bond acceptors (Lipinski definition) is 5. The first-order chi connectivity index (χ1) is 14.1. The zero-order chi connectivity index (χ0) is 20.2. The van der Waals surface area contributed by atoms with Gasteiger partial charge in [-0.05, 0) is 89.3 Å². The number of ether oxygens (including phenoxy) is 2. The molecule has 1 heterocycles. The van der Waals surface area contributed by atoms with E-state index in [2.05, 4.69) is 32.9 Å². The monoisotopic (exact) mass is 500 g/mol. The third kappa shape index (κ3) is 4.68. The molecule has 4 rings (SSSR count). The molecule has 29 heavy (non-hydrogen) atoms. The average Bonchev–Trinajstić information content (AvgIpc) is 3.17. The van der Waals surface area contributed by atoms with Crippen LogP contribution in [0.4, 0.5) is 5.69 Å². The second kappa shape index (κ2) is 8.52. The van der Waals surface area contributed by atoms with Crippen molar-refractivity contribution in [1.82, 2.24) is 4.98 Å². The molecule has 6 nitrogen and oxygen atoms in total. The lowest BCUT2D eigenvalue weighted by Gasteiger charge is -2.07. The Hall–Kier alpha value is -3.07. The summed E-state index contributed by atoms with van der Waals surface area (Å²) in [6, 6.07) is 20.3. The zero-order valence-corrected chi connectivity index (χ0v) is 17.7. The minimum atomic E-state index is -0.248. The van der Waals surface area contributed by atoms with Crippen LogP contribution in [0.25, 0.3) is 22.6 Å². The number of halogens is 1. The third-order valence-electron chi connectivity index (χ3n) is 4.19. The van der Waals surface area contributed by atoms with Gasteiger partial charge in [0, 0.05) is 14.8 Å². The predicted octanol–water partition coefficient (Wildman–Crippen LogP) is 5.13. The van der Waals surface area contributed by atoms with Gasteiger partial charge >= 0.3 is 0 Å². The first kappa shape index (κ1) is 19.3. The summed E-state index contributed by atoms with van der Waals surface area (Å²) in [7, 11) is 1.62. The van der Waals surface area contributed by atoms with Gasteiger partial charge in [0.05, 0.1) is 7.11 Å². The molecule has 0 aliphatic carbocycles. The first-order valence-corrected chi connectivity index (χ1v) is 9.92. The van der Waals surface area contributed by atoms with E-state index in [1.54, 1.807) is 25.3 Å². The molecule has 0 saturated heterocycles. The fourth-order valence-electron chi connectivity index (χ4n) is 2.74. The minimum absolute atomic E-state index is 0.0749. The van der Waals surface area contributed by atoms with Gasteiger partial charge < -0.3 is 19.2 Å². The van der Waals surface area contributed by atoms with Crippen LogP contribution in [-0.2, 0) is 4.79 Å². The smallest absolute Gasteiger partial charge is 0.262 e. The number of amides is 1. The van der Waals surface area contributed by atoms with Gasteiger partial charge in [0.25, 0.3) is 5.91 Å². The van der Waals surface area contributed by atoms with Crippen LogP contribution in [0.1, 0.15) is 0 Å². The molecule has 1 N–H and O–H groups in total. The Morgan fingerprint density at radius 3 is 2.48 bits per heavy atom. The summed E-state index contributed by atoms with van der Waals surface area (Å²) in [6.45, 7) is -0.0749. The molecule has 0 atom stereocenters. The van der Waals surface area contributed by atoms with Crippen molar-refractivity contribution < 1.29 is 18.7 Å². The molecule has 0 bridgehead atoms. The van der Waals surface area contributed by atoms with Crippen molar-refractivity contribution in [3.8, 4) is 23.0 Å². The highest BCUT2D eigenvalue weighted by atomic mass is 127. The number of carbonyl (C=O) groups is 1. The molecule has 4 aromatic rings. The third-order valence-corrected chi connectivity index (χ3v) is 4.91. The van der Waals surface area contributed by atoms with Gasteiger partial charge in [-0.3, -0.25) is 4.79 Å². The van der Waals surface area contributed by atoms with E-state index >= 15 is 0 Å². The van der Waals surface area contributed by atoms with Crippen molar-refractivity contribution in [3.05, 3.63) is 70.3 Å². The average molecular weight is 500 g/mol. The molecule has 7 heteroatoms. The second-order valence-electron chi connectivity index (χ2n) is 6.22. The van der Waals surface area contributed by atoms with Gasteiger partial charge in [-0.1, -0.05) is 0 Å². The standard InChI is InChI=1S/C22H17IN2O4/c1-27-17-7-2-14(3-8-17)22-25-19-12-16(6-11-20(19)29-22)24-21(26)13-28-18-9-4-15(23)5-10-18/h2-12H,13H2,1H3,(H,24,26). The Kier molecular flexibility index (Phi) is 5.66. The Morgan fingerprint density at radius 2 is 1.76 bits per heavy atom. The number of benzene rings is 3. The van der Waals surface area contributed by atoms with Gasteiger partial charge in [-0.2, -0.15) is 0 Å². The van der Waals surface area contributed by atoms with E-state index < -0.39 is 0 Å². The molecule has 0 radical (unpaired) electrons. The van der Waals surface area contributed by atoms with Crippen molar-refractivity contribution >= 4 is 45.3 Å². The Morgan fingerprint density at radius 1 is 1.03 bits per heavy atom. The van der Waals surface area contributed by atoms with Crippen LogP contribution in [0, 0.1) is 3.57 Å². The number of methoxy groups -OCH3 is 1. The zero-order valence-electron chi connectivity index (χ0n) is 15.5. The summed E-state index contributed by atoms with van der Waals surface area (Å²) in [5.41, 5.74) is 2.78. The quantitative estimate of drug-likeness (QED) is 0.372. The summed E-state index contributed by atoms with van der Waals surface area (Å²) >= 11 is 2.21. The second-order valence-corrected chi connectivity index (χ2v) is 7.47. The predicted molar refractivity (Wildman–Crippen MR) is 119 cm³/mol. The largest absolute Gasteiger partial charge is 0.497 e.